The van der Waals surface area contributed by atoms with Crippen molar-refractivity contribution in [2.45, 2.75) is 0 Å². The summed E-state index contributed by atoms with van der Waals surface area (Å²) in [6.07, 6.45) is 1.49. The molecule has 0 heterocycles. The Labute approximate surface area is 155 Å². The molecule has 1 N–H and O–H groups in total. The lowest BCUT2D eigenvalue weighted by Gasteiger charge is -2.09. The van der Waals surface area contributed by atoms with Crippen LogP contribution in [-0.2, 0) is 0 Å². The van der Waals surface area contributed by atoms with Crippen LogP contribution < -0.4 is 10.2 Å². The molecular formula is C19H14Cl2N2O2. The van der Waals surface area contributed by atoms with Crippen LogP contribution in [0.3, 0.4) is 0 Å². The number of hydrogen-bond acceptors (Lipinski definition) is 3. The molecule has 0 saturated heterocycles. The fourth-order valence-corrected chi connectivity index (χ4v) is 2.69. The number of methoxy groups -OCH3 is 1. The van der Waals surface area contributed by atoms with Gasteiger partial charge in [0.25, 0.3) is 5.91 Å². The zero-order valence-electron chi connectivity index (χ0n) is 13.3. The minimum Gasteiger partial charge on any atom is -0.496 e. The molecule has 4 nitrogen and oxygen atoms in total. The summed E-state index contributed by atoms with van der Waals surface area (Å²) in [6, 6.07) is 16.4. The highest BCUT2D eigenvalue weighted by atomic mass is 35.5. The molecule has 6 heteroatoms. The van der Waals surface area contributed by atoms with Crippen LogP contribution in [0, 0.1) is 0 Å². The number of amides is 1. The Kier molecular flexibility index (Phi) is 5.22. The summed E-state index contributed by atoms with van der Waals surface area (Å²) in [5, 5.41) is 6.79. The van der Waals surface area contributed by atoms with E-state index in [0.29, 0.717) is 21.4 Å². The van der Waals surface area contributed by atoms with E-state index in [-0.39, 0.29) is 5.91 Å². The molecule has 0 saturated carbocycles. The highest BCUT2D eigenvalue weighted by Crippen LogP contribution is 2.26. The lowest BCUT2D eigenvalue weighted by Crippen LogP contribution is -2.18. The lowest BCUT2D eigenvalue weighted by molar-refractivity contribution is 0.0952. The Morgan fingerprint density at radius 3 is 2.44 bits per heavy atom. The van der Waals surface area contributed by atoms with Gasteiger partial charge in [-0.3, -0.25) is 4.79 Å². The van der Waals surface area contributed by atoms with Crippen LogP contribution in [0.2, 0.25) is 10.0 Å². The number of carbonyl (C=O) groups excluding carboxylic acids is 1. The third-order valence-electron chi connectivity index (χ3n) is 3.64. The fraction of sp³-hybridized carbons (Fsp3) is 0.0526. The number of rotatable bonds is 4. The Morgan fingerprint density at radius 1 is 1.04 bits per heavy atom. The van der Waals surface area contributed by atoms with Gasteiger partial charge < -0.3 is 4.74 Å². The van der Waals surface area contributed by atoms with Gasteiger partial charge in [-0.25, -0.2) is 5.43 Å². The Morgan fingerprint density at radius 2 is 1.76 bits per heavy atom. The van der Waals surface area contributed by atoms with Crippen molar-refractivity contribution in [1.29, 1.82) is 0 Å². The summed E-state index contributed by atoms with van der Waals surface area (Å²) < 4.78 is 5.32. The molecule has 126 valence electrons. The van der Waals surface area contributed by atoms with Gasteiger partial charge in [-0.15, -0.1) is 0 Å². The van der Waals surface area contributed by atoms with Crippen LogP contribution in [0.1, 0.15) is 15.9 Å². The highest BCUT2D eigenvalue weighted by molar-refractivity contribution is 6.42. The topological polar surface area (TPSA) is 50.7 Å². The molecule has 1 amide bonds. The van der Waals surface area contributed by atoms with Gasteiger partial charge >= 0.3 is 0 Å². The van der Waals surface area contributed by atoms with Crippen LogP contribution in [0.15, 0.2) is 59.7 Å². The summed E-state index contributed by atoms with van der Waals surface area (Å²) in [6.45, 7) is 0. The second kappa shape index (κ2) is 7.55. The molecule has 0 aliphatic heterocycles. The monoisotopic (exact) mass is 372 g/mol. The smallest absolute Gasteiger partial charge is 0.275 e. The third kappa shape index (κ3) is 3.92. The van der Waals surface area contributed by atoms with Crippen LogP contribution >= 0.6 is 23.2 Å². The van der Waals surface area contributed by atoms with Gasteiger partial charge in [0, 0.05) is 0 Å². The van der Waals surface area contributed by atoms with Crippen molar-refractivity contribution >= 4 is 46.1 Å². The standard InChI is InChI=1S/C19H14Cl2N2O2/c1-25-18-10-14-5-3-2-4-13(14)9-15(18)19(24)23-22-11-12-6-7-16(20)17(21)8-12/h2-11H,1H3,(H,23,24)/b22-11+. The van der Waals surface area contributed by atoms with Crippen molar-refractivity contribution in [3.05, 3.63) is 75.8 Å². The van der Waals surface area contributed by atoms with Crippen LogP contribution in [0.25, 0.3) is 10.8 Å². The van der Waals surface area contributed by atoms with E-state index in [4.69, 9.17) is 27.9 Å². The van der Waals surface area contributed by atoms with Gasteiger partial charge in [-0.1, -0.05) is 53.5 Å². The normalized spacial score (nSPS) is 11.0. The van der Waals surface area contributed by atoms with E-state index in [9.17, 15) is 4.79 Å². The maximum Gasteiger partial charge on any atom is 0.275 e. The largest absolute Gasteiger partial charge is 0.496 e. The number of ether oxygens (including phenoxy) is 1. The predicted octanol–water partition coefficient (Wildman–Crippen LogP) is 4.92. The molecule has 0 aliphatic carbocycles. The third-order valence-corrected chi connectivity index (χ3v) is 4.37. The first-order valence-electron chi connectivity index (χ1n) is 7.44. The average Bonchev–Trinajstić information content (AvgIpc) is 2.63. The molecule has 0 unspecified atom stereocenters. The number of nitrogens with zero attached hydrogens (tertiary/aromatic N) is 1. The van der Waals surface area contributed by atoms with E-state index in [1.807, 2.05) is 30.3 Å². The molecular weight excluding hydrogens is 359 g/mol. The lowest BCUT2D eigenvalue weighted by atomic mass is 10.1. The van der Waals surface area contributed by atoms with Crippen molar-refractivity contribution in [2.75, 3.05) is 7.11 Å². The molecule has 0 radical (unpaired) electrons. The average molecular weight is 373 g/mol. The zero-order valence-corrected chi connectivity index (χ0v) is 14.8. The minimum atomic E-state index is -0.362. The zero-order chi connectivity index (χ0) is 17.8. The van der Waals surface area contributed by atoms with Crippen molar-refractivity contribution in [2.24, 2.45) is 5.10 Å². The Bertz CT molecular complexity index is 971. The quantitative estimate of drug-likeness (QED) is 0.521. The van der Waals surface area contributed by atoms with Crippen molar-refractivity contribution in [3.63, 3.8) is 0 Å². The number of benzene rings is 3. The maximum atomic E-state index is 12.4. The minimum absolute atomic E-state index is 0.362. The molecule has 0 aromatic heterocycles. The molecule has 3 aromatic carbocycles. The summed E-state index contributed by atoms with van der Waals surface area (Å²) in [5.74, 6) is 0.125. The molecule has 25 heavy (non-hydrogen) atoms. The van der Waals surface area contributed by atoms with Gasteiger partial charge in [0.15, 0.2) is 0 Å². The summed E-state index contributed by atoms with van der Waals surface area (Å²) in [5.41, 5.74) is 3.63. The first-order valence-corrected chi connectivity index (χ1v) is 8.19. The van der Waals surface area contributed by atoms with E-state index < -0.39 is 0 Å². The number of carbonyl (C=O) groups is 1. The first-order chi connectivity index (χ1) is 12.1. The number of hydrogen-bond donors (Lipinski definition) is 1. The van der Waals surface area contributed by atoms with Crippen molar-refractivity contribution in [1.82, 2.24) is 5.43 Å². The first kappa shape index (κ1) is 17.3. The Balaban J connectivity index is 1.81. The van der Waals surface area contributed by atoms with Crippen molar-refractivity contribution in [3.8, 4) is 5.75 Å². The van der Waals surface area contributed by atoms with E-state index in [2.05, 4.69) is 10.5 Å². The van der Waals surface area contributed by atoms with Gasteiger partial charge in [-0.2, -0.15) is 5.10 Å². The number of halogens is 2. The van der Waals surface area contributed by atoms with E-state index >= 15 is 0 Å². The molecule has 0 bridgehead atoms. The maximum absolute atomic E-state index is 12.4. The van der Waals surface area contributed by atoms with Crippen LogP contribution in [-0.4, -0.2) is 19.2 Å². The number of fused-ring (bicyclic) bond motifs is 1. The molecule has 0 fully saturated rings. The van der Waals surface area contributed by atoms with Gasteiger partial charge in [0.1, 0.15) is 5.75 Å². The second-order valence-corrected chi connectivity index (χ2v) is 6.09. The van der Waals surface area contributed by atoms with Crippen molar-refractivity contribution < 1.29 is 9.53 Å². The van der Waals surface area contributed by atoms with Crippen LogP contribution in [0.5, 0.6) is 5.75 Å². The SMILES string of the molecule is COc1cc2ccccc2cc1C(=O)N/N=C/c1ccc(Cl)c(Cl)c1. The molecule has 3 aromatic rings. The molecule has 0 spiro atoms. The van der Waals surface area contributed by atoms with Gasteiger partial charge in [-0.05, 0) is 40.6 Å². The van der Waals surface area contributed by atoms with Gasteiger partial charge in [0.2, 0.25) is 0 Å². The highest BCUT2D eigenvalue weighted by Gasteiger charge is 2.13. The van der Waals surface area contributed by atoms with Crippen LogP contribution in [0.4, 0.5) is 0 Å². The number of hydrazone groups is 1. The van der Waals surface area contributed by atoms with E-state index in [1.54, 1.807) is 24.3 Å². The fourth-order valence-electron chi connectivity index (χ4n) is 2.38. The second-order valence-electron chi connectivity index (χ2n) is 5.27. The molecule has 0 atom stereocenters. The summed E-state index contributed by atoms with van der Waals surface area (Å²) in [4.78, 5) is 12.4. The summed E-state index contributed by atoms with van der Waals surface area (Å²) in [7, 11) is 1.53. The predicted molar refractivity (Wildman–Crippen MR) is 102 cm³/mol. The Hall–Kier alpha value is -2.56. The summed E-state index contributed by atoms with van der Waals surface area (Å²) >= 11 is 11.8. The molecule has 3 rings (SSSR count). The van der Waals surface area contributed by atoms with E-state index in [0.717, 1.165) is 16.3 Å². The van der Waals surface area contributed by atoms with E-state index in [1.165, 1.54) is 13.3 Å². The number of nitrogens with one attached hydrogen (secondary N) is 1. The molecule has 0 aliphatic rings. The van der Waals surface area contributed by atoms with Gasteiger partial charge in [0.05, 0.1) is 28.9 Å².